The zero-order valence-corrected chi connectivity index (χ0v) is 24.1. The van der Waals surface area contributed by atoms with Crippen LogP contribution in [0.2, 0.25) is 10.0 Å². The molecule has 7 nitrogen and oxygen atoms in total. The molecule has 1 fully saturated rings. The van der Waals surface area contributed by atoms with Crippen LogP contribution in [0, 0.1) is 0 Å². The van der Waals surface area contributed by atoms with Crippen LogP contribution in [0.4, 0.5) is 5.69 Å². The van der Waals surface area contributed by atoms with Crippen LogP contribution in [0.5, 0.6) is 0 Å². The van der Waals surface area contributed by atoms with Crippen LogP contribution in [-0.2, 0) is 26.2 Å². The van der Waals surface area contributed by atoms with E-state index in [2.05, 4.69) is 21.2 Å². The Balaban J connectivity index is 1.91. The number of rotatable bonds is 9. The Morgan fingerprint density at radius 3 is 2.39 bits per heavy atom. The van der Waals surface area contributed by atoms with E-state index in [9.17, 15) is 18.0 Å². The van der Waals surface area contributed by atoms with Crippen molar-refractivity contribution in [1.82, 2.24) is 10.2 Å². The van der Waals surface area contributed by atoms with Crippen molar-refractivity contribution < 1.29 is 18.0 Å². The molecule has 11 heteroatoms. The fourth-order valence-corrected chi connectivity index (χ4v) is 6.18. The highest BCUT2D eigenvalue weighted by Crippen LogP contribution is 2.29. The van der Waals surface area contributed by atoms with Crippen molar-refractivity contribution >= 4 is 66.7 Å². The summed E-state index contributed by atoms with van der Waals surface area (Å²) in [4.78, 5) is 28.2. The number of carbonyl (C=O) groups is 2. The molecule has 0 aliphatic heterocycles. The Hall–Kier alpha value is -1.81. The third kappa shape index (κ3) is 7.60. The van der Waals surface area contributed by atoms with Gasteiger partial charge < -0.3 is 10.2 Å². The van der Waals surface area contributed by atoms with Gasteiger partial charge in [0.05, 0.1) is 11.9 Å². The lowest BCUT2D eigenvalue weighted by atomic mass is 9.95. The molecule has 196 valence electrons. The van der Waals surface area contributed by atoms with E-state index in [0.717, 1.165) is 42.7 Å². The molecule has 1 atom stereocenters. The molecule has 2 aromatic rings. The lowest BCUT2D eigenvalue weighted by molar-refractivity contribution is -0.139. The van der Waals surface area contributed by atoms with Gasteiger partial charge in [-0.1, -0.05) is 60.7 Å². The van der Waals surface area contributed by atoms with Crippen LogP contribution in [0.25, 0.3) is 0 Å². The minimum atomic E-state index is -3.81. The fourth-order valence-electron chi connectivity index (χ4n) is 4.23. The second-order valence-corrected chi connectivity index (χ2v) is 12.6. The lowest BCUT2D eigenvalue weighted by Gasteiger charge is -2.33. The Labute approximate surface area is 231 Å². The molecule has 0 unspecified atom stereocenters. The summed E-state index contributed by atoms with van der Waals surface area (Å²) in [6.07, 6.45) is 6.10. The van der Waals surface area contributed by atoms with Crippen LogP contribution in [0.15, 0.2) is 46.9 Å². The molecular formula is C25H30BrCl2N3O4S. The van der Waals surface area contributed by atoms with E-state index in [1.807, 2.05) is 0 Å². The predicted molar refractivity (Wildman–Crippen MR) is 148 cm³/mol. The number of sulfonamides is 1. The first kappa shape index (κ1) is 28.8. The van der Waals surface area contributed by atoms with Crippen molar-refractivity contribution in [2.75, 3.05) is 17.1 Å². The van der Waals surface area contributed by atoms with Crippen LogP contribution in [-0.4, -0.2) is 50.0 Å². The van der Waals surface area contributed by atoms with Gasteiger partial charge in [0.25, 0.3) is 0 Å². The topological polar surface area (TPSA) is 86.8 Å². The average molecular weight is 619 g/mol. The van der Waals surface area contributed by atoms with Crippen molar-refractivity contribution in [1.29, 1.82) is 0 Å². The van der Waals surface area contributed by atoms with Crippen molar-refractivity contribution in [3.63, 3.8) is 0 Å². The normalized spacial score (nSPS) is 15.2. The van der Waals surface area contributed by atoms with Gasteiger partial charge in [0.1, 0.15) is 12.6 Å². The van der Waals surface area contributed by atoms with Crippen LogP contribution < -0.4 is 9.62 Å². The monoisotopic (exact) mass is 617 g/mol. The summed E-state index contributed by atoms with van der Waals surface area (Å²) in [6, 6.07) is 10.9. The highest BCUT2D eigenvalue weighted by atomic mass is 79.9. The minimum Gasteiger partial charge on any atom is -0.352 e. The lowest BCUT2D eigenvalue weighted by Crippen LogP contribution is -2.53. The Bertz CT molecular complexity index is 1210. The molecule has 0 bridgehead atoms. The van der Waals surface area contributed by atoms with Gasteiger partial charge in [-0.2, -0.15) is 0 Å². The number of nitrogens with one attached hydrogen (secondary N) is 1. The highest BCUT2D eigenvalue weighted by Gasteiger charge is 2.32. The summed E-state index contributed by atoms with van der Waals surface area (Å²) in [5.41, 5.74) is 0.927. The van der Waals surface area contributed by atoms with Gasteiger partial charge in [0.2, 0.25) is 21.8 Å². The Morgan fingerprint density at radius 2 is 1.78 bits per heavy atom. The molecule has 1 N–H and O–H groups in total. The zero-order valence-electron chi connectivity index (χ0n) is 20.2. The van der Waals surface area contributed by atoms with Gasteiger partial charge in [-0.05, 0) is 65.5 Å². The van der Waals surface area contributed by atoms with Gasteiger partial charge in [-0.15, -0.1) is 0 Å². The summed E-state index contributed by atoms with van der Waals surface area (Å²) in [5, 5.41) is 3.86. The van der Waals surface area contributed by atoms with Gasteiger partial charge in [-0.25, -0.2) is 8.42 Å². The van der Waals surface area contributed by atoms with E-state index in [4.69, 9.17) is 23.2 Å². The van der Waals surface area contributed by atoms with Gasteiger partial charge in [-0.3, -0.25) is 13.9 Å². The van der Waals surface area contributed by atoms with E-state index in [1.165, 1.54) is 4.90 Å². The van der Waals surface area contributed by atoms with Gasteiger partial charge in [0.15, 0.2) is 0 Å². The molecule has 1 aliphatic carbocycles. The third-order valence-corrected chi connectivity index (χ3v) is 8.66. The molecule has 2 aromatic carbocycles. The number of para-hydroxylation sites is 1. The van der Waals surface area contributed by atoms with E-state index in [0.29, 0.717) is 25.8 Å². The first-order valence-corrected chi connectivity index (χ1v) is 15.1. The number of anilines is 1. The molecule has 1 aliphatic rings. The van der Waals surface area contributed by atoms with Crippen LogP contribution in [0.1, 0.15) is 44.6 Å². The van der Waals surface area contributed by atoms with E-state index >= 15 is 0 Å². The summed E-state index contributed by atoms with van der Waals surface area (Å²) in [6.45, 7) is 1.18. The number of amides is 2. The number of benzene rings is 2. The molecule has 1 saturated carbocycles. The summed E-state index contributed by atoms with van der Waals surface area (Å²) < 4.78 is 26.9. The quantitative estimate of drug-likeness (QED) is 0.408. The smallest absolute Gasteiger partial charge is 0.244 e. The number of nitrogens with zero attached hydrogens (tertiary/aromatic N) is 2. The number of halogens is 3. The van der Waals surface area contributed by atoms with Crippen molar-refractivity contribution in [2.45, 2.75) is 57.7 Å². The van der Waals surface area contributed by atoms with Crippen LogP contribution in [0.3, 0.4) is 0 Å². The Kier molecular flexibility index (Phi) is 10.1. The van der Waals surface area contributed by atoms with Gasteiger partial charge in [0, 0.05) is 27.1 Å². The predicted octanol–water partition coefficient (Wildman–Crippen LogP) is 5.39. The Morgan fingerprint density at radius 1 is 1.11 bits per heavy atom. The maximum Gasteiger partial charge on any atom is 0.244 e. The zero-order chi connectivity index (χ0) is 26.5. The number of hydrogen-bond donors (Lipinski definition) is 1. The molecular weight excluding hydrogens is 589 g/mol. The first-order valence-electron chi connectivity index (χ1n) is 11.7. The molecule has 0 radical (unpaired) electrons. The second-order valence-electron chi connectivity index (χ2n) is 9.00. The van der Waals surface area contributed by atoms with Gasteiger partial charge >= 0.3 is 0 Å². The van der Waals surface area contributed by atoms with Crippen molar-refractivity contribution in [3.05, 3.63) is 62.5 Å². The summed E-state index contributed by atoms with van der Waals surface area (Å²) in [7, 11) is -3.81. The third-order valence-electron chi connectivity index (χ3n) is 6.27. The first-order chi connectivity index (χ1) is 17.0. The number of carbonyl (C=O) groups excluding carboxylic acids is 2. The fraction of sp³-hybridized carbons (Fsp3) is 0.440. The highest BCUT2D eigenvalue weighted by molar-refractivity contribution is 9.10. The standard InChI is InChI=1S/C25H30BrCl2N3O4S/c1-17(25(33)29-20-8-4-3-5-9-20)30(15-18-12-13-19(27)14-22(18)28)24(32)16-31(36(2,34)35)23-11-7-6-10-21(23)26/h6-7,10-14,17,20H,3-5,8-9,15-16H2,1-2H3,(H,29,33)/t17-/m1/s1. The second kappa shape index (κ2) is 12.6. The average Bonchev–Trinajstić information content (AvgIpc) is 2.82. The van der Waals surface area contributed by atoms with Crippen molar-refractivity contribution in [2.24, 2.45) is 0 Å². The van der Waals surface area contributed by atoms with Crippen molar-refractivity contribution in [3.8, 4) is 0 Å². The summed E-state index contributed by atoms with van der Waals surface area (Å²) >= 11 is 15.8. The maximum atomic E-state index is 13.7. The molecule has 36 heavy (non-hydrogen) atoms. The largest absolute Gasteiger partial charge is 0.352 e. The SMILES string of the molecule is C[C@H](C(=O)NC1CCCCC1)N(Cc1ccc(Cl)cc1Cl)C(=O)CN(c1ccccc1Br)S(C)(=O)=O. The molecule has 0 heterocycles. The minimum absolute atomic E-state index is 0.0155. The summed E-state index contributed by atoms with van der Waals surface area (Å²) in [5.74, 6) is -0.819. The van der Waals surface area contributed by atoms with E-state index < -0.39 is 28.5 Å². The molecule has 0 spiro atoms. The van der Waals surface area contributed by atoms with E-state index in [-0.39, 0.29) is 18.5 Å². The van der Waals surface area contributed by atoms with E-state index in [1.54, 1.807) is 49.4 Å². The molecule has 3 rings (SSSR count). The maximum absolute atomic E-state index is 13.7. The molecule has 2 amide bonds. The molecule has 0 saturated heterocycles. The molecule has 0 aromatic heterocycles. The van der Waals surface area contributed by atoms with Crippen LogP contribution >= 0.6 is 39.1 Å². The number of hydrogen-bond acceptors (Lipinski definition) is 4.